The molecule has 1 aromatic heterocycles. The second-order valence-electron chi connectivity index (χ2n) is 9.03. The molecule has 10 heteroatoms. The highest BCUT2D eigenvalue weighted by Crippen LogP contribution is 2.49. The van der Waals surface area contributed by atoms with Crippen molar-refractivity contribution < 1.29 is 33.1 Å². The number of anilines is 2. The van der Waals surface area contributed by atoms with Gasteiger partial charge < -0.3 is 14.2 Å². The quantitative estimate of drug-likeness (QED) is 0.152. The monoisotopic (exact) mass is 541 g/mol. The van der Waals surface area contributed by atoms with Crippen molar-refractivity contribution in [2.45, 2.75) is 19.4 Å². The van der Waals surface area contributed by atoms with E-state index in [-0.39, 0.29) is 36.1 Å². The van der Waals surface area contributed by atoms with E-state index in [1.54, 1.807) is 48.5 Å². The fraction of sp³-hybridized carbons (Fsp3) is 0.133. The van der Waals surface area contributed by atoms with E-state index in [1.165, 1.54) is 36.5 Å². The first-order valence-electron chi connectivity index (χ1n) is 12.4. The smallest absolute Gasteiger partial charge is 0.418 e. The van der Waals surface area contributed by atoms with E-state index in [1.807, 2.05) is 18.2 Å². The number of para-hydroxylation sites is 1. The highest BCUT2D eigenvalue weighted by molar-refractivity contribution is 6.11. The molecule has 0 bridgehead atoms. The largest absolute Gasteiger partial charge is 0.460 e. The molecule has 0 aliphatic heterocycles. The van der Waals surface area contributed by atoms with Gasteiger partial charge >= 0.3 is 12.1 Å². The molecule has 1 N–H and O–H groups in total. The molecule has 0 unspecified atom stereocenters. The van der Waals surface area contributed by atoms with Crippen LogP contribution in [0.2, 0.25) is 0 Å². The van der Waals surface area contributed by atoms with Gasteiger partial charge in [-0.3, -0.25) is 14.9 Å². The van der Waals surface area contributed by atoms with Crippen LogP contribution < -0.4 is 19.9 Å². The van der Waals surface area contributed by atoms with Crippen LogP contribution in [0.3, 0.4) is 0 Å². The average Bonchev–Trinajstić information content (AvgIpc) is 3.79. The van der Waals surface area contributed by atoms with E-state index in [4.69, 9.17) is 14.2 Å². The zero-order valence-electron chi connectivity index (χ0n) is 21.2. The number of aromatic nitrogens is 1. The Hall–Kier alpha value is -5.25. The molecule has 1 fully saturated rings. The maximum absolute atomic E-state index is 15.1. The highest BCUT2D eigenvalue weighted by atomic mass is 19.2. The second kappa shape index (κ2) is 11.6. The van der Waals surface area contributed by atoms with E-state index in [0.29, 0.717) is 17.2 Å². The van der Waals surface area contributed by atoms with Crippen molar-refractivity contribution in [1.82, 2.24) is 4.98 Å². The Bertz CT molecular complexity index is 1500. The molecule has 1 heterocycles. The van der Waals surface area contributed by atoms with Gasteiger partial charge in [-0.15, -0.1) is 5.12 Å². The molecule has 3 aromatic carbocycles. The number of nitrogens with zero attached hydrogens (tertiary/aromatic N) is 2. The summed E-state index contributed by atoms with van der Waals surface area (Å²) in [7, 11) is 0. The predicted molar refractivity (Wildman–Crippen MR) is 143 cm³/mol. The fourth-order valence-corrected chi connectivity index (χ4v) is 3.85. The molecule has 5 rings (SSSR count). The number of ether oxygens (including phenoxy) is 3. The predicted octanol–water partition coefficient (Wildman–Crippen LogP) is 6.23. The van der Waals surface area contributed by atoms with Crippen molar-refractivity contribution in [3.05, 3.63) is 109 Å². The maximum Gasteiger partial charge on any atom is 0.418 e. The minimum Gasteiger partial charge on any atom is -0.460 e. The van der Waals surface area contributed by atoms with Gasteiger partial charge in [-0.25, -0.2) is 9.78 Å². The minimum atomic E-state index is -1.51. The molecule has 4 aromatic rings. The lowest BCUT2D eigenvalue weighted by molar-refractivity contribution is -0.155. The van der Waals surface area contributed by atoms with Crippen LogP contribution in [0.25, 0.3) is 0 Å². The second-order valence-corrected chi connectivity index (χ2v) is 9.03. The Morgan fingerprint density at radius 3 is 2.20 bits per heavy atom. The summed E-state index contributed by atoms with van der Waals surface area (Å²) >= 11 is 0. The first kappa shape index (κ1) is 26.4. The molecule has 1 saturated carbocycles. The maximum atomic E-state index is 15.1. The van der Waals surface area contributed by atoms with E-state index < -0.39 is 23.4 Å². The number of hydrogen-bond donors (Lipinski definition) is 1. The number of carbonyl (C=O) groups is 3. The van der Waals surface area contributed by atoms with Gasteiger partial charge in [0.15, 0.2) is 0 Å². The normalized spacial score (nSPS) is 13.0. The van der Waals surface area contributed by atoms with Crippen LogP contribution in [-0.2, 0) is 20.9 Å². The summed E-state index contributed by atoms with van der Waals surface area (Å²) in [6.45, 7) is 0.00742. The SMILES string of the molecule is O=C(Nc1cc(Oc2ccc(N(F)C(=O)C3(C(=O)OCc4ccccc4)CC3)cc2)ccn1)Oc1ccccc1. The summed E-state index contributed by atoms with van der Waals surface area (Å²) in [6.07, 6.45) is 1.16. The van der Waals surface area contributed by atoms with Crippen LogP contribution in [0.15, 0.2) is 103 Å². The average molecular weight is 542 g/mol. The Kier molecular flexibility index (Phi) is 7.68. The lowest BCUT2D eigenvalue weighted by atomic mass is 10.1. The Morgan fingerprint density at radius 2 is 1.52 bits per heavy atom. The third-order valence-electron chi connectivity index (χ3n) is 6.16. The lowest BCUT2D eigenvalue weighted by Gasteiger charge is -2.19. The molecule has 0 atom stereocenters. The van der Waals surface area contributed by atoms with Gasteiger partial charge in [-0.2, -0.15) is 0 Å². The Balaban J connectivity index is 1.17. The number of rotatable bonds is 9. The molecule has 0 saturated heterocycles. The topological polar surface area (TPSA) is 107 Å². The number of benzene rings is 3. The summed E-state index contributed by atoms with van der Waals surface area (Å²) < 4.78 is 31.3. The number of nitrogens with one attached hydrogen (secondary N) is 1. The van der Waals surface area contributed by atoms with Crippen molar-refractivity contribution in [1.29, 1.82) is 0 Å². The van der Waals surface area contributed by atoms with Gasteiger partial charge in [0.05, 0.1) is 5.69 Å². The number of amides is 2. The third-order valence-corrected chi connectivity index (χ3v) is 6.16. The third kappa shape index (κ3) is 6.24. The molecular formula is C30H24FN3O6. The van der Waals surface area contributed by atoms with Gasteiger partial charge in [0.2, 0.25) is 0 Å². The molecule has 2 amide bonds. The van der Waals surface area contributed by atoms with E-state index in [2.05, 4.69) is 10.3 Å². The number of pyridine rings is 1. The van der Waals surface area contributed by atoms with Gasteiger partial charge in [0.25, 0.3) is 5.91 Å². The summed E-state index contributed by atoms with van der Waals surface area (Å²) in [5, 5.41) is 2.48. The van der Waals surface area contributed by atoms with E-state index >= 15 is 4.48 Å². The zero-order chi connectivity index (χ0) is 28.0. The molecule has 1 aliphatic carbocycles. The molecule has 202 valence electrons. The fourth-order valence-electron chi connectivity index (χ4n) is 3.85. The molecule has 40 heavy (non-hydrogen) atoms. The molecule has 0 spiro atoms. The summed E-state index contributed by atoms with van der Waals surface area (Å²) in [5.74, 6) is -0.430. The van der Waals surface area contributed by atoms with Crippen LogP contribution in [0.1, 0.15) is 18.4 Å². The number of esters is 1. The van der Waals surface area contributed by atoms with Crippen LogP contribution in [0.5, 0.6) is 17.2 Å². The van der Waals surface area contributed by atoms with Crippen molar-refractivity contribution in [2.75, 3.05) is 10.4 Å². The van der Waals surface area contributed by atoms with Crippen molar-refractivity contribution in [2.24, 2.45) is 5.41 Å². The van der Waals surface area contributed by atoms with E-state index in [9.17, 15) is 14.4 Å². The standard InChI is InChI=1S/C30H24FN3O6/c31-34(27(35)30(16-17-30)28(36)38-20-21-7-3-1-4-8-21)22-11-13-24(14-12-22)39-25-15-18-32-26(19-25)33-29(37)40-23-9-5-2-6-10-23/h1-15,18-19H,16-17,20H2,(H,32,33,37). The number of hydrogen-bond acceptors (Lipinski definition) is 7. The van der Waals surface area contributed by atoms with Crippen LogP contribution in [0.4, 0.5) is 20.8 Å². The van der Waals surface area contributed by atoms with Gasteiger partial charge in [-0.05, 0) is 60.9 Å². The summed E-state index contributed by atoms with van der Waals surface area (Å²) in [4.78, 5) is 41.7. The number of carbonyl (C=O) groups excluding carboxylic acids is 3. The summed E-state index contributed by atoms with van der Waals surface area (Å²) in [5.41, 5.74) is -0.794. The number of halogens is 1. The molecule has 0 radical (unpaired) electrons. The summed E-state index contributed by atoms with van der Waals surface area (Å²) in [6, 6.07) is 26.3. The first-order valence-corrected chi connectivity index (χ1v) is 12.4. The zero-order valence-corrected chi connectivity index (χ0v) is 21.2. The molecular weight excluding hydrogens is 517 g/mol. The van der Waals surface area contributed by atoms with Crippen LogP contribution >= 0.6 is 0 Å². The molecule has 1 aliphatic rings. The van der Waals surface area contributed by atoms with Gasteiger partial charge in [0.1, 0.15) is 35.1 Å². The molecule has 9 nitrogen and oxygen atoms in total. The van der Waals surface area contributed by atoms with Crippen molar-refractivity contribution in [3.8, 4) is 17.2 Å². The Morgan fingerprint density at radius 1 is 0.850 bits per heavy atom. The lowest BCUT2D eigenvalue weighted by Crippen LogP contribution is -2.37. The van der Waals surface area contributed by atoms with Crippen LogP contribution in [0, 0.1) is 5.41 Å². The highest BCUT2D eigenvalue weighted by Gasteiger charge is 2.60. The Labute approximate surface area is 229 Å². The first-order chi connectivity index (χ1) is 19.4. The van der Waals surface area contributed by atoms with Gasteiger partial charge in [-0.1, -0.05) is 53.0 Å². The minimum absolute atomic E-state index is 0.00742. The van der Waals surface area contributed by atoms with E-state index in [0.717, 1.165) is 5.56 Å². The van der Waals surface area contributed by atoms with Gasteiger partial charge in [0, 0.05) is 12.3 Å². The van der Waals surface area contributed by atoms with Crippen molar-refractivity contribution in [3.63, 3.8) is 0 Å². The van der Waals surface area contributed by atoms with Crippen molar-refractivity contribution >= 4 is 29.5 Å². The van der Waals surface area contributed by atoms with Crippen LogP contribution in [-0.4, -0.2) is 23.0 Å².